The molecule has 3 heterocycles. The standard InChI is InChI=1S/C15H24Br2N5O12P3.C6H15N.CH4/c1-3-21(4-2)12-9-13(19-6-18-12)22(7-20-9)14-11(24)10(23)8(33-14)5-32-37(30,31)34-36(28,29)15(16,17)35(25,26)27;1-4-7(5-2)6-3;/h6-8,10-11,14,23-24H,3-5H2,1-2H3,(H,28,29)(H,30,31)(H2,25,26,27);4-6H2,1-3H3;1H4/t8-,10-,11-,14-;;/m1../s1. The van der Waals surface area contributed by atoms with Crippen molar-refractivity contribution in [1.82, 2.24) is 24.4 Å². The van der Waals surface area contributed by atoms with E-state index in [9.17, 15) is 43.5 Å². The molecule has 2 aromatic rings. The topological polar surface area (TPSA) is 250 Å². The quantitative estimate of drug-likeness (QED) is 0.118. The zero-order valence-electron chi connectivity index (χ0n) is 24.6. The summed E-state index contributed by atoms with van der Waals surface area (Å²) >= 11 is 4.58. The van der Waals surface area contributed by atoms with Gasteiger partial charge in [-0.3, -0.25) is 18.2 Å². The van der Waals surface area contributed by atoms with Crippen LogP contribution >= 0.6 is 54.9 Å². The molecule has 0 aromatic carbocycles. The van der Waals surface area contributed by atoms with Crippen LogP contribution in [-0.4, -0.2) is 115 Å². The summed E-state index contributed by atoms with van der Waals surface area (Å²) in [5.74, 6) is 0.540. The first-order valence-corrected chi connectivity index (χ1v) is 19.7. The molecule has 6 atom stereocenters. The van der Waals surface area contributed by atoms with Gasteiger partial charge in [0.05, 0.1) is 12.9 Å². The van der Waals surface area contributed by atoms with E-state index < -0.39 is 56.9 Å². The lowest BCUT2D eigenvalue weighted by atomic mass is 10.1. The van der Waals surface area contributed by atoms with E-state index in [1.807, 2.05) is 18.7 Å². The summed E-state index contributed by atoms with van der Waals surface area (Å²) in [6.07, 6.45) is -3.33. The Morgan fingerprint density at radius 3 is 1.96 bits per heavy atom. The SMILES string of the molecule is C.CCN(CC)CC.CCN(CC)c1ncnc2c1ncn2[C@@H]1O[C@H](COP(=O)(O)OP(=O)(O)C(Br)(Br)P(=O)(O)O)[C@@H](O)[C@H]1O. The minimum atomic E-state index is -5.58. The van der Waals surface area contributed by atoms with Crippen molar-refractivity contribution >= 4 is 71.9 Å². The van der Waals surface area contributed by atoms with Crippen LogP contribution in [0.2, 0.25) is 0 Å². The highest BCUT2D eigenvalue weighted by atomic mass is 79.9. The van der Waals surface area contributed by atoms with Crippen LogP contribution in [0, 0.1) is 0 Å². The fourth-order valence-electron chi connectivity index (χ4n) is 4.09. The van der Waals surface area contributed by atoms with Crippen LogP contribution in [0.3, 0.4) is 0 Å². The predicted molar refractivity (Wildman–Crippen MR) is 174 cm³/mol. The lowest BCUT2D eigenvalue weighted by molar-refractivity contribution is -0.0501. The van der Waals surface area contributed by atoms with Crippen LogP contribution in [0.5, 0.6) is 0 Å². The van der Waals surface area contributed by atoms with E-state index in [-0.39, 0.29) is 13.1 Å². The fraction of sp³-hybridized carbons (Fsp3) is 0.773. The summed E-state index contributed by atoms with van der Waals surface area (Å²) in [6, 6.07) is 0. The number of phosphoric acid groups is 1. The van der Waals surface area contributed by atoms with Gasteiger partial charge in [0.2, 0.25) is 0 Å². The molecule has 2 aromatic heterocycles. The number of aliphatic hydroxyl groups is 2. The van der Waals surface area contributed by atoms with Gasteiger partial charge < -0.3 is 44.3 Å². The summed E-state index contributed by atoms with van der Waals surface area (Å²) in [7, 11) is -16.4. The lowest BCUT2D eigenvalue weighted by Gasteiger charge is -2.27. The summed E-state index contributed by atoms with van der Waals surface area (Å²) < 4.78 is 48.5. The minimum absolute atomic E-state index is 0. The predicted octanol–water partition coefficient (Wildman–Crippen LogP) is 3.17. The Hall–Kier alpha value is -0.400. The molecule has 6 N–H and O–H groups in total. The van der Waals surface area contributed by atoms with Gasteiger partial charge in [-0.2, -0.15) is 0 Å². The number of phosphoric ester groups is 1. The Morgan fingerprint density at radius 1 is 0.933 bits per heavy atom. The van der Waals surface area contributed by atoms with Crippen molar-refractivity contribution in [1.29, 1.82) is 0 Å². The number of alkyl halides is 2. The van der Waals surface area contributed by atoms with Gasteiger partial charge in [0.1, 0.15) is 24.6 Å². The molecule has 0 bridgehead atoms. The highest BCUT2D eigenvalue weighted by molar-refractivity contribution is 9.29. The molecule has 262 valence electrons. The molecule has 0 radical (unpaired) electrons. The number of hydrogen-bond acceptors (Lipinski definition) is 13. The van der Waals surface area contributed by atoms with E-state index >= 15 is 0 Å². The molecule has 45 heavy (non-hydrogen) atoms. The molecule has 2 unspecified atom stereocenters. The molecule has 18 nitrogen and oxygen atoms in total. The van der Waals surface area contributed by atoms with Crippen molar-refractivity contribution in [3.05, 3.63) is 12.7 Å². The van der Waals surface area contributed by atoms with Crippen LogP contribution < -0.4 is 4.90 Å². The van der Waals surface area contributed by atoms with E-state index in [2.05, 4.69) is 81.3 Å². The molecular weight excluding hydrogens is 793 g/mol. The number of imidazole rings is 1. The van der Waals surface area contributed by atoms with Crippen LogP contribution in [0.15, 0.2) is 12.7 Å². The number of hydrogen-bond donors (Lipinski definition) is 6. The Labute approximate surface area is 278 Å². The first kappa shape index (κ1) is 42.6. The number of aliphatic hydroxyl groups excluding tert-OH is 2. The van der Waals surface area contributed by atoms with Gasteiger partial charge in [-0.15, -0.1) is 0 Å². The molecule has 1 saturated heterocycles. The van der Waals surface area contributed by atoms with Gasteiger partial charge in [0, 0.05) is 13.1 Å². The number of ether oxygens (including phenoxy) is 1. The second kappa shape index (κ2) is 17.3. The Bertz CT molecular complexity index is 1370. The zero-order valence-corrected chi connectivity index (χ0v) is 30.5. The molecule has 0 aliphatic carbocycles. The minimum Gasteiger partial charge on any atom is -0.387 e. The van der Waals surface area contributed by atoms with Gasteiger partial charge in [0.15, 0.2) is 23.2 Å². The van der Waals surface area contributed by atoms with Gasteiger partial charge in [-0.1, -0.05) is 28.2 Å². The summed E-state index contributed by atoms with van der Waals surface area (Å²) in [4.78, 5) is 55.1. The molecule has 0 saturated carbocycles. The Balaban J connectivity index is 0.00000113. The molecule has 23 heteroatoms. The highest BCUT2D eigenvalue weighted by Gasteiger charge is 2.61. The lowest BCUT2D eigenvalue weighted by Crippen LogP contribution is -2.33. The average Bonchev–Trinajstić information content (AvgIpc) is 3.49. The van der Waals surface area contributed by atoms with E-state index in [0.717, 1.165) is 0 Å². The first-order valence-electron chi connectivity index (χ1n) is 13.4. The van der Waals surface area contributed by atoms with Gasteiger partial charge in [-0.05, 0) is 65.3 Å². The van der Waals surface area contributed by atoms with Crippen molar-refractivity contribution in [3.63, 3.8) is 0 Å². The molecule has 1 aliphatic heterocycles. The zero-order chi connectivity index (χ0) is 33.7. The van der Waals surface area contributed by atoms with Crippen molar-refractivity contribution in [2.75, 3.05) is 44.2 Å². The number of aromatic nitrogens is 4. The van der Waals surface area contributed by atoms with Crippen LogP contribution in [-0.2, 0) is 27.3 Å². The van der Waals surface area contributed by atoms with Crippen molar-refractivity contribution < 1.29 is 57.1 Å². The average molecular weight is 836 g/mol. The summed E-state index contributed by atoms with van der Waals surface area (Å²) in [6.45, 7) is 14.3. The van der Waals surface area contributed by atoms with Crippen LogP contribution in [0.1, 0.15) is 48.3 Å². The van der Waals surface area contributed by atoms with Gasteiger partial charge in [0.25, 0.3) is 2.72 Å². The van der Waals surface area contributed by atoms with E-state index in [0.29, 0.717) is 24.4 Å². The molecule has 0 spiro atoms. The largest absolute Gasteiger partial charge is 0.479 e. The number of nitrogens with zero attached hydrogens (tertiary/aromatic N) is 6. The number of fused-ring (bicyclic) bond motifs is 1. The maximum atomic E-state index is 12.2. The van der Waals surface area contributed by atoms with Crippen LogP contribution in [0.25, 0.3) is 11.2 Å². The van der Waals surface area contributed by atoms with Gasteiger partial charge in [-0.25, -0.2) is 23.8 Å². The van der Waals surface area contributed by atoms with Crippen molar-refractivity contribution in [3.8, 4) is 0 Å². The first-order chi connectivity index (χ1) is 20.3. The third kappa shape index (κ3) is 10.1. The van der Waals surface area contributed by atoms with Crippen LogP contribution in [0.4, 0.5) is 5.82 Å². The monoisotopic (exact) mass is 834 g/mol. The number of anilines is 1. The van der Waals surface area contributed by atoms with E-state index in [4.69, 9.17) is 4.74 Å². The maximum Gasteiger partial charge on any atom is 0.479 e. The van der Waals surface area contributed by atoms with E-state index in [1.54, 1.807) is 0 Å². The summed E-state index contributed by atoms with van der Waals surface area (Å²) in [5.41, 5.74) is 0.678. The Morgan fingerprint density at radius 2 is 1.49 bits per heavy atom. The molecule has 1 aliphatic rings. The third-order valence-electron chi connectivity index (χ3n) is 6.66. The summed E-state index contributed by atoms with van der Waals surface area (Å²) in [5, 5.41) is 21.0. The van der Waals surface area contributed by atoms with Crippen molar-refractivity contribution in [2.45, 2.75) is 69.3 Å². The second-order valence-corrected chi connectivity index (χ2v) is 20.8. The molecule has 3 rings (SSSR count). The molecular formula is C22H43Br2N6O12P3. The molecule has 0 amide bonds. The molecule has 1 fully saturated rings. The Kier molecular flexibility index (Phi) is 16.4. The third-order valence-corrected chi connectivity index (χ3v) is 17.2. The fourth-order valence-corrected chi connectivity index (χ4v) is 8.94. The number of halogens is 2. The van der Waals surface area contributed by atoms with Gasteiger partial charge >= 0.3 is 23.0 Å². The van der Waals surface area contributed by atoms with E-state index in [1.165, 1.54) is 36.9 Å². The van der Waals surface area contributed by atoms with Crippen molar-refractivity contribution in [2.24, 2.45) is 0 Å². The number of rotatable bonds is 14. The highest BCUT2D eigenvalue weighted by Crippen LogP contribution is 2.81. The smallest absolute Gasteiger partial charge is 0.387 e. The second-order valence-electron chi connectivity index (χ2n) is 9.28. The maximum absolute atomic E-state index is 12.2. The normalized spacial score (nSPS) is 23.2.